The molecule has 0 radical (unpaired) electrons. The standard InChI is InChI=1S/C28H43FN8O2/c1-28(39)12-4-5-19(29)18-36-26(38)22-17-30-27(33-25(22)37(36)24-7-3-6-23(28)32-24)31-20-8-10-21(11-9-20)35-15-13-34(2)14-16-35/h5,8-11,22-25,27,30-33,39H,3-4,6-7,12-18H2,1-2H3/b19-5-. The number of hydrazine groups is 1. The number of piperazine rings is 1. The first-order chi connectivity index (χ1) is 18.8. The Hall–Kier alpha value is -2.28. The van der Waals surface area contributed by atoms with Gasteiger partial charge in [-0.3, -0.25) is 25.8 Å². The summed E-state index contributed by atoms with van der Waals surface area (Å²) in [4.78, 5) is 18.3. The van der Waals surface area contributed by atoms with E-state index in [0.29, 0.717) is 19.4 Å². The van der Waals surface area contributed by atoms with Crippen molar-refractivity contribution in [2.75, 3.05) is 56.5 Å². The minimum atomic E-state index is -0.949. The van der Waals surface area contributed by atoms with Gasteiger partial charge >= 0.3 is 0 Å². The number of rotatable bonds is 3. The molecule has 5 heterocycles. The molecule has 11 heteroatoms. The molecule has 0 aromatic heterocycles. The van der Waals surface area contributed by atoms with Crippen LogP contribution in [-0.2, 0) is 4.79 Å². The van der Waals surface area contributed by atoms with Gasteiger partial charge in [0.25, 0.3) is 0 Å². The van der Waals surface area contributed by atoms with Crippen LogP contribution in [0.4, 0.5) is 15.8 Å². The molecule has 39 heavy (non-hydrogen) atoms. The average molecular weight is 543 g/mol. The summed E-state index contributed by atoms with van der Waals surface area (Å²) in [5, 5.41) is 29.0. The van der Waals surface area contributed by atoms with Crippen molar-refractivity contribution in [3.8, 4) is 0 Å². The van der Waals surface area contributed by atoms with Crippen LogP contribution < -0.4 is 26.2 Å². The van der Waals surface area contributed by atoms with Gasteiger partial charge in [-0.1, -0.05) is 6.08 Å². The zero-order chi connectivity index (χ0) is 27.1. The van der Waals surface area contributed by atoms with Gasteiger partial charge in [-0.25, -0.2) is 4.39 Å². The molecule has 4 saturated heterocycles. The molecular formula is C28H43FN8O2. The Kier molecular flexibility index (Phi) is 7.55. The molecule has 10 nitrogen and oxygen atoms in total. The number of amides is 1. The third kappa shape index (κ3) is 5.53. The summed E-state index contributed by atoms with van der Waals surface area (Å²) < 4.78 is 15.0. The molecule has 5 aliphatic rings. The quantitative estimate of drug-likeness (QED) is 0.386. The zero-order valence-electron chi connectivity index (χ0n) is 23.1. The van der Waals surface area contributed by atoms with E-state index in [0.717, 1.165) is 51.1 Å². The smallest absolute Gasteiger partial charge is 0.244 e. The highest BCUT2D eigenvalue weighted by Crippen LogP contribution is 2.35. The molecule has 6 rings (SSSR count). The molecule has 214 valence electrons. The van der Waals surface area contributed by atoms with Crippen molar-refractivity contribution >= 4 is 17.3 Å². The van der Waals surface area contributed by atoms with Crippen LogP contribution in [0.25, 0.3) is 0 Å². The van der Waals surface area contributed by atoms with Gasteiger partial charge in [-0.15, -0.1) is 0 Å². The largest absolute Gasteiger partial charge is 0.389 e. The molecule has 0 saturated carbocycles. The monoisotopic (exact) mass is 542 g/mol. The minimum absolute atomic E-state index is 0.0755. The van der Waals surface area contributed by atoms with Gasteiger partial charge in [0.05, 0.1) is 30.4 Å². The van der Waals surface area contributed by atoms with E-state index in [4.69, 9.17) is 0 Å². The molecule has 0 spiro atoms. The van der Waals surface area contributed by atoms with E-state index in [1.54, 1.807) is 5.01 Å². The highest BCUT2D eigenvalue weighted by molar-refractivity contribution is 5.82. The molecule has 5 aliphatic heterocycles. The van der Waals surface area contributed by atoms with E-state index >= 15 is 0 Å². The van der Waals surface area contributed by atoms with Crippen molar-refractivity contribution in [3.05, 3.63) is 36.2 Å². The van der Waals surface area contributed by atoms with Crippen LogP contribution >= 0.6 is 0 Å². The second-order valence-corrected chi connectivity index (χ2v) is 12.0. The molecule has 1 aromatic rings. The van der Waals surface area contributed by atoms with Crippen LogP contribution in [-0.4, -0.2) is 103 Å². The number of allylic oxidation sites excluding steroid dienone is 1. The summed E-state index contributed by atoms with van der Waals surface area (Å²) in [7, 11) is 2.16. The van der Waals surface area contributed by atoms with Crippen LogP contribution in [0.15, 0.2) is 36.2 Å². The zero-order valence-corrected chi connectivity index (χ0v) is 23.1. The normalized spacial score (nSPS) is 37.9. The lowest BCUT2D eigenvalue weighted by Gasteiger charge is -2.47. The van der Waals surface area contributed by atoms with Crippen molar-refractivity contribution in [1.29, 1.82) is 0 Å². The Balaban J connectivity index is 1.18. The lowest BCUT2D eigenvalue weighted by atomic mass is 9.85. The lowest BCUT2D eigenvalue weighted by molar-refractivity contribution is -0.147. The fourth-order valence-corrected chi connectivity index (χ4v) is 6.77. The average Bonchev–Trinajstić information content (AvgIpc) is 3.19. The molecule has 2 bridgehead atoms. The van der Waals surface area contributed by atoms with E-state index < -0.39 is 5.60 Å². The van der Waals surface area contributed by atoms with Crippen LogP contribution in [0, 0.1) is 5.92 Å². The van der Waals surface area contributed by atoms with Crippen molar-refractivity contribution < 1.29 is 14.3 Å². The Morgan fingerprint density at radius 1 is 1.10 bits per heavy atom. The summed E-state index contributed by atoms with van der Waals surface area (Å²) in [6, 6.07) is 8.38. The Morgan fingerprint density at radius 3 is 2.64 bits per heavy atom. The predicted octanol–water partition coefficient (Wildman–Crippen LogP) is 1.19. The van der Waals surface area contributed by atoms with Crippen molar-refractivity contribution in [3.63, 3.8) is 0 Å². The Labute approximate surface area is 230 Å². The summed E-state index contributed by atoms with van der Waals surface area (Å²) in [5.41, 5.74) is 1.26. The molecule has 1 aromatic carbocycles. The maximum Gasteiger partial charge on any atom is 0.244 e. The molecule has 6 unspecified atom stereocenters. The number of hydrogen-bond donors (Lipinski definition) is 5. The van der Waals surface area contributed by atoms with Crippen LogP contribution in [0.3, 0.4) is 0 Å². The number of piperidine rings is 1. The number of benzene rings is 1. The number of hydrogen-bond acceptors (Lipinski definition) is 9. The maximum absolute atomic E-state index is 15.0. The topological polar surface area (TPSA) is 98.4 Å². The van der Waals surface area contributed by atoms with Gasteiger partial charge in [0, 0.05) is 50.1 Å². The number of aliphatic hydroxyl groups is 1. The summed E-state index contributed by atoms with van der Waals surface area (Å²) >= 11 is 0. The van der Waals surface area contributed by atoms with Gasteiger partial charge < -0.3 is 20.2 Å². The SMILES string of the molecule is CN1CCN(c2ccc(NC3NCC4C(=O)N5C/C(F)=C/CCC(C)(O)C6CCCC(N6)N5C4N3)cc2)CC1. The fourth-order valence-electron chi connectivity index (χ4n) is 6.77. The number of halogens is 1. The molecule has 5 N–H and O–H groups in total. The number of fused-ring (bicyclic) bond motifs is 6. The molecule has 6 atom stereocenters. The van der Waals surface area contributed by atoms with E-state index in [9.17, 15) is 14.3 Å². The van der Waals surface area contributed by atoms with Crippen LogP contribution in [0.1, 0.15) is 39.0 Å². The van der Waals surface area contributed by atoms with Crippen molar-refractivity contribution in [2.45, 2.75) is 69.3 Å². The Bertz CT molecular complexity index is 1060. The summed E-state index contributed by atoms with van der Waals surface area (Å²) in [5.74, 6) is -0.739. The predicted molar refractivity (Wildman–Crippen MR) is 149 cm³/mol. The van der Waals surface area contributed by atoms with E-state index in [1.165, 1.54) is 11.8 Å². The number of carbonyl (C=O) groups excluding carboxylic acids is 1. The lowest BCUT2D eigenvalue weighted by Crippen LogP contribution is -2.69. The van der Waals surface area contributed by atoms with E-state index in [-0.39, 0.29) is 48.9 Å². The Morgan fingerprint density at radius 2 is 1.87 bits per heavy atom. The first-order valence-electron chi connectivity index (χ1n) is 14.5. The van der Waals surface area contributed by atoms with E-state index in [1.807, 2.05) is 11.9 Å². The molecular weight excluding hydrogens is 499 g/mol. The maximum atomic E-state index is 15.0. The summed E-state index contributed by atoms with van der Waals surface area (Å²) in [6.45, 7) is 6.44. The molecule has 1 amide bonds. The third-order valence-electron chi connectivity index (χ3n) is 9.19. The number of anilines is 2. The second-order valence-electron chi connectivity index (χ2n) is 12.0. The number of nitrogens with one attached hydrogen (secondary N) is 4. The third-order valence-corrected chi connectivity index (χ3v) is 9.19. The fraction of sp³-hybridized carbons (Fsp3) is 0.679. The highest BCUT2D eigenvalue weighted by Gasteiger charge is 2.53. The van der Waals surface area contributed by atoms with Gasteiger partial charge in [0.2, 0.25) is 5.91 Å². The van der Waals surface area contributed by atoms with Crippen LogP contribution in [0.2, 0.25) is 0 Å². The van der Waals surface area contributed by atoms with Gasteiger partial charge in [0.1, 0.15) is 12.1 Å². The van der Waals surface area contributed by atoms with E-state index in [2.05, 4.69) is 62.4 Å². The number of carbonyl (C=O) groups is 1. The molecule has 0 aliphatic carbocycles. The number of nitrogens with zero attached hydrogens (tertiary/aromatic N) is 4. The summed E-state index contributed by atoms with van der Waals surface area (Å²) in [6.07, 6.45) is 4.34. The highest BCUT2D eigenvalue weighted by atomic mass is 19.1. The number of likely N-dealkylation sites (N-methyl/N-ethyl adjacent to an activating group) is 1. The van der Waals surface area contributed by atoms with Gasteiger partial charge in [0.15, 0.2) is 0 Å². The first-order valence-corrected chi connectivity index (χ1v) is 14.5. The molecule has 4 fully saturated rings. The van der Waals surface area contributed by atoms with Gasteiger partial charge in [-0.05, 0) is 70.3 Å². The van der Waals surface area contributed by atoms with Gasteiger partial charge in [-0.2, -0.15) is 5.01 Å². The van der Waals surface area contributed by atoms with Crippen LogP contribution in [0.5, 0.6) is 0 Å². The minimum Gasteiger partial charge on any atom is -0.389 e. The van der Waals surface area contributed by atoms with Crippen molar-refractivity contribution in [1.82, 2.24) is 30.9 Å². The first kappa shape index (κ1) is 26.9. The second kappa shape index (κ2) is 10.9. The van der Waals surface area contributed by atoms with Crippen molar-refractivity contribution in [2.24, 2.45) is 5.92 Å².